The summed E-state index contributed by atoms with van der Waals surface area (Å²) in [6, 6.07) is 14.4. The molecule has 1 aromatic heterocycles. The summed E-state index contributed by atoms with van der Waals surface area (Å²) in [6.45, 7) is 3.00. The maximum absolute atomic E-state index is 10.7. The van der Waals surface area contributed by atoms with E-state index in [1.165, 1.54) is 5.56 Å². The molecule has 0 amide bonds. The van der Waals surface area contributed by atoms with Crippen LogP contribution in [0.4, 0.5) is 0 Å². The molecule has 1 heterocycles. The van der Waals surface area contributed by atoms with Gasteiger partial charge in [-0.05, 0) is 42.6 Å². The summed E-state index contributed by atoms with van der Waals surface area (Å²) in [5.74, 6) is 0.473. The van der Waals surface area contributed by atoms with Gasteiger partial charge in [-0.3, -0.25) is 9.88 Å². The average molecular weight is 282 g/mol. The number of fused-ring (bicyclic) bond motifs is 1. The number of aromatic nitrogens is 1. The summed E-state index contributed by atoms with van der Waals surface area (Å²) in [6.07, 6.45) is 2.37. The van der Waals surface area contributed by atoms with Gasteiger partial charge in [0.2, 0.25) is 0 Å². The zero-order valence-electron chi connectivity index (χ0n) is 12.6. The molecule has 110 valence electrons. The number of aliphatic hydroxyl groups excluding tert-OH is 1. The molecule has 0 aliphatic heterocycles. The largest absolute Gasteiger partial charge is 0.387 e. The molecule has 0 saturated carbocycles. The van der Waals surface area contributed by atoms with Crippen molar-refractivity contribution in [2.24, 2.45) is 0 Å². The number of aliphatic hydroxyl groups is 1. The minimum absolute atomic E-state index is 0.136. The first-order chi connectivity index (χ1) is 10.2. The van der Waals surface area contributed by atoms with Crippen molar-refractivity contribution in [3.63, 3.8) is 0 Å². The summed E-state index contributed by atoms with van der Waals surface area (Å²) in [5, 5.41) is 10.7. The van der Waals surface area contributed by atoms with Crippen molar-refractivity contribution in [2.75, 3.05) is 7.05 Å². The molecule has 1 aliphatic carbocycles. The van der Waals surface area contributed by atoms with Crippen LogP contribution in [0.3, 0.4) is 0 Å². The zero-order valence-corrected chi connectivity index (χ0v) is 12.6. The van der Waals surface area contributed by atoms with E-state index < -0.39 is 6.10 Å². The van der Waals surface area contributed by atoms with Gasteiger partial charge in [0.25, 0.3) is 0 Å². The average Bonchev–Trinajstić information content (AvgIpc) is 2.52. The molecule has 0 bridgehead atoms. The Morgan fingerprint density at radius 2 is 1.86 bits per heavy atom. The molecule has 3 nitrogen and oxygen atoms in total. The fourth-order valence-electron chi connectivity index (χ4n) is 3.34. The fourth-order valence-corrected chi connectivity index (χ4v) is 3.34. The monoisotopic (exact) mass is 282 g/mol. The normalized spacial score (nSPS) is 24.9. The first-order valence-electron chi connectivity index (χ1n) is 7.54. The van der Waals surface area contributed by atoms with E-state index in [4.69, 9.17) is 0 Å². The van der Waals surface area contributed by atoms with Gasteiger partial charge in [0.15, 0.2) is 0 Å². The van der Waals surface area contributed by atoms with Gasteiger partial charge >= 0.3 is 0 Å². The highest BCUT2D eigenvalue weighted by molar-refractivity contribution is 5.35. The van der Waals surface area contributed by atoms with Gasteiger partial charge in [-0.15, -0.1) is 0 Å². The van der Waals surface area contributed by atoms with Crippen LogP contribution >= 0.6 is 0 Å². The van der Waals surface area contributed by atoms with Gasteiger partial charge in [0, 0.05) is 18.8 Å². The number of rotatable bonds is 3. The van der Waals surface area contributed by atoms with E-state index >= 15 is 0 Å². The highest BCUT2D eigenvalue weighted by Gasteiger charge is 2.34. The molecule has 0 fully saturated rings. The summed E-state index contributed by atoms with van der Waals surface area (Å²) in [4.78, 5) is 6.60. The third-order valence-corrected chi connectivity index (χ3v) is 4.51. The van der Waals surface area contributed by atoms with Gasteiger partial charge in [0.05, 0.1) is 11.8 Å². The summed E-state index contributed by atoms with van der Waals surface area (Å²) < 4.78 is 0. The van der Waals surface area contributed by atoms with Gasteiger partial charge in [-0.1, -0.05) is 37.3 Å². The van der Waals surface area contributed by atoms with E-state index in [0.29, 0.717) is 5.92 Å². The van der Waals surface area contributed by atoms with Gasteiger partial charge in [0.1, 0.15) is 0 Å². The Hall–Kier alpha value is -1.71. The second kappa shape index (κ2) is 5.96. The van der Waals surface area contributed by atoms with E-state index in [2.05, 4.69) is 42.1 Å². The predicted octanol–water partition coefficient (Wildman–Crippen LogP) is 3.12. The van der Waals surface area contributed by atoms with E-state index in [1.54, 1.807) is 0 Å². The highest BCUT2D eigenvalue weighted by Crippen LogP contribution is 2.39. The lowest BCUT2D eigenvalue weighted by molar-refractivity contribution is 0.0405. The Labute approximate surface area is 126 Å². The third kappa shape index (κ3) is 2.85. The molecule has 1 aromatic carbocycles. The molecule has 3 unspecified atom stereocenters. The first kappa shape index (κ1) is 14.2. The van der Waals surface area contributed by atoms with E-state index in [-0.39, 0.29) is 6.04 Å². The molecule has 2 aromatic rings. The topological polar surface area (TPSA) is 36.4 Å². The van der Waals surface area contributed by atoms with Crippen LogP contribution in [-0.4, -0.2) is 28.1 Å². The molecule has 3 rings (SSSR count). The maximum Gasteiger partial charge on any atom is 0.0948 e. The van der Waals surface area contributed by atoms with Crippen molar-refractivity contribution in [3.05, 3.63) is 65.5 Å². The lowest BCUT2D eigenvalue weighted by Crippen LogP contribution is -2.40. The fraction of sp³-hybridized carbons (Fsp3) is 0.389. The predicted molar refractivity (Wildman–Crippen MR) is 83.9 cm³/mol. The second-order valence-electron chi connectivity index (χ2n) is 6.01. The lowest BCUT2D eigenvalue weighted by Gasteiger charge is -2.39. The van der Waals surface area contributed by atoms with Gasteiger partial charge in [-0.2, -0.15) is 0 Å². The molecule has 0 radical (unpaired) electrons. The first-order valence-corrected chi connectivity index (χ1v) is 7.54. The van der Waals surface area contributed by atoms with Crippen LogP contribution in [0, 0.1) is 0 Å². The molecule has 1 N–H and O–H groups in total. The molecular weight excluding hydrogens is 260 g/mol. The van der Waals surface area contributed by atoms with E-state index in [1.807, 2.05) is 30.5 Å². The quantitative estimate of drug-likeness (QED) is 0.939. The Morgan fingerprint density at radius 1 is 1.14 bits per heavy atom. The number of benzene rings is 1. The van der Waals surface area contributed by atoms with Crippen molar-refractivity contribution >= 4 is 0 Å². The second-order valence-corrected chi connectivity index (χ2v) is 6.01. The van der Waals surface area contributed by atoms with E-state index in [0.717, 1.165) is 24.2 Å². The standard InChI is InChI=1S/C18H22N2O/c1-13-11-17(18(21)16-9-4-3-8-15(13)16)20(2)12-14-7-5-6-10-19-14/h3-10,13,17-18,21H,11-12H2,1-2H3. The molecule has 3 heteroatoms. The van der Waals surface area contributed by atoms with Crippen molar-refractivity contribution in [1.29, 1.82) is 0 Å². The van der Waals surface area contributed by atoms with Gasteiger partial charge < -0.3 is 5.11 Å². The van der Waals surface area contributed by atoms with Gasteiger partial charge in [-0.25, -0.2) is 0 Å². The molecule has 1 aliphatic rings. The number of likely N-dealkylation sites (N-methyl/N-ethyl adjacent to an activating group) is 1. The Morgan fingerprint density at radius 3 is 2.57 bits per heavy atom. The van der Waals surface area contributed by atoms with Crippen LogP contribution in [0.2, 0.25) is 0 Å². The minimum atomic E-state index is -0.425. The van der Waals surface area contributed by atoms with Crippen LogP contribution < -0.4 is 0 Å². The maximum atomic E-state index is 10.7. The van der Waals surface area contributed by atoms with E-state index in [9.17, 15) is 5.11 Å². The molecule has 3 atom stereocenters. The Balaban J connectivity index is 1.80. The minimum Gasteiger partial charge on any atom is -0.387 e. The summed E-state index contributed by atoms with van der Waals surface area (Å²) in [5.41, 5.74) is 3.40. The molecule has 21 heavy (non-hydrogen) atoms. The smallest absolute Gasteiger partial charge is 0.0948 e. The Kier molecular flexibility index (Phi) is 4.04. The highest BCUT2D eigenvalue weighted by atomic mass is 16.3. The number of hydrogen-bond donors (Lipinski definition) is 1. The van der Waals surface area contributed by atoms with Crippen LogP contribution in [0.15, 0.2) is 48.7 Å². The van der Waals surface area contributed by atoms with Crippen molar-refractivity contribution in [2.45, 2.75) is 38.0 Å². The Bertz CT molecular complexity index is 599. The molecule has 0 saturated heterocycles. The number of hydrogen-bond acceptors (Lipinski definition) is 3. The summed E-state index contributed by atoms with van der Waals surface area (Å²) in [7, 11) is 2.07. The van der Waals surface area contributed by atoms with Crippen molar-refractivity contribution < 1.29 is 5.11 Å². The third-order valence-electron chi connectivity index (χ3n) is 4.51. The van der Waals surface area contributed by atoms with Crippen LogP contribution in [-0.2, 0) is 6.54 Å². The summed E-state index contributed by atoms with van der Waals surface area (Å²) >= 11 is 0. The van der Waals surface area contributed by atoms with Crippen molar-refractivity contribution in [1.82, 2.24) is 9.88 Å². The zero-order chi connectivity index (χ0) is 14.8. The van der Waals surface area contributed by atoms with Crippen LogP contribution in [0.1, 0.15) is 42.2 Å². The van der Waals surface area contributed by atoms with Crippen LogP contribution in [0.5, 0.6) is 0 Å². The van der Waals surface area contributed by atoms with Crippen LogP contribution in [0.25, 0.3) is 0 Å². The lowest BCUT2D eigenvalue weighted by atomic mass is 9.79. The molecule has 0 spiro atoms. The van der Waals surface area contributed by atoms with Crippen molar-refractivity contribution in [3.8, 4) is 0 Å². The number of nitrogens with zero attached hydrogens (tertiary/aromatic N) is 2. The SMILES string of the molecule is CC1CC(N(C)Cc2ccccn2)C(O)c2ccccc21. The molecular formula is C18H22N2O. The number of pyridine rings is 1.